The summed E-state index contributed by atoms with van der Waals surface area (Å²) in [6.07, 6.45) is 14.8. The van der Waals surface area contributed by atoms with Crippen LogP contribution in [0, 0.1) is 17.8 Å². The van der Waals surface area contributed by atoms with Gasteiger partial charge in [0.1, 0.15) is 12.5 Å². The number of hydrogen-bond donors (Lipinski definition) is 0. The van der Waals surface area contributed by atoms with Gasteiger partial charge in [0.25, 0.3) is 0 Å². The lowest BCUT2D eigenvalue weighted by atomic mass is 9.75. The summed E-state index contributed by atoms with van der Waals surface area (Å²) in [6, 6.07) is 0. The van der Waals surface area contributed by atoms with E-state index in [4.69, 9.17) is 0 Å². The molecule has 0 aromatic heterocycles. The van der Waals surface area contributed by atoms with E-state index in [1.807, 2.05) is 13.0 Å². The number of alkyl halides is 1. The van der Waals surface area contributed by atoms with Crippen molar-refractivity contribution in [2.45, 2.75) is 78.6 Å². The molecule has 0 amide bonds. The van der Waals surface area contributed by atoms with Crippen molar-refractivity contribution >= 4 is 0 Å². The maximum atomic E-state index is 13.3. The Labute approximate surface area is 136 Å². The molecule has 0 saturated heterocycles. The molecule has 0 N–H and O–H groups in total. The molecule has 1 aliphatic rings. The molecule has 0 spiro atoms. The van der Waals surface area contributed by atoms with Gasteiger partial charge in [-0.25, -0.2) is 8.78 Å². The van der Waals surface area contributed by atoms with Crippen LogP contribution in [-0.2, 0) is 0 Å². The first-order valence-electron chi connectivity index (χ1n) is 9.24. The zero-order chi connectivity index (χ0) is 16.4. The summed E-state index contributed by atoms with van der Waals surface area (Å²) in [5.41, 5.74) is 0.969. The van der Waals surface area contributed by atoms with E-state index in [1.54, 1.807) is 0 Å². The van der Waals surface area contributed by atoms with E-state index in [-0.39, 0.29) is 0 Å². The number of hydrogen-bond acceptors (Lipinski definition) is 0. The minimum Gasteiger partial charge on any atom is -0.243 e. The molecular formula is C20H34F2. The lowest BCUT2D eigenvalue weighted by molar-refractivity contribution is 0.222. The molecule has 0 aromatic rings. The average Bonchev–Trinajstić information content (AvgIpc) is 2.55. The minimum atomic E-state index is -0.993. The molecule has 128 valence electrons. The van der Waals surface area contributed by atoms with Gasteiger partial charge in [0.2, 0.25) is 0 Å². The van der Waals surface area contributed by atoms with Crippen LogP contribution in [0.15, 0.2) is 23.6 Å². The maximum Gasteiger partial charge on any atom is 0.141 e. The van der Waals surface area contributed by atoms with Gasteiger partial charge in [-0.05, 0) is 48.7 Å². The van der Waals surface area contributed by atoms with Crippen LogP contribution in [0.2, 0.25) is 0 Å². The topological polar surface area (TPSA) is 0 Å². The molecule has 2 unspecified atom stereocenters. The molecule has 2 heteroatoms. The molecule has 1 fully saturated rings. The Morgan fingerprint density at radius 1 is 1.14 bits per heavy atom. The Balaban J connectivity index is 2.56. The average molecular weight is 312 g/mol. The summed E-state index contributed by atoms with van der Waals surface area (Å²) < 4.78 is 25.7. The maximum absolute atomic E-state index is 13.3. The Morgan fingerprint density at radius 2 is 1.82 bits per heavy atom. The van der Waals surface area contributed by atoms with E-state index < -0.39 is 12.5 Å². The fraction of sp³-hybridized carbons (Fsp3) is 0.800. The molecule has 2 atom stereocenters. The van der Waals surface area contributed by atoms with Crippen LogP contribution in [0.1, 0.15) is 78.6 Å². The Morgan fingerprint density at radius 3 is 2.36 bits per heavy atom. The van der Waals surface area contributed by atoms with Gasteiger partial charge in [-0.2, -0.15) is 0 Å². The van der Waals surface area contributed by atoms with Crippen LogP contribution in [0.25, 0.3) is 0 Å². The van der Waals surface area contributed by atoms with Crippen molar-refractivity contribution in [3.8, 4) is 0 Å². The van der Waals surface area contributed by atoms with E-state index in [9.17, 15) is 8.78 Å². The molecule has 1 aliphatic carbocycles. The summed E-state index contributed by atoms with van der Waals surface area (Å²) in [5, 5.41) is 0. The van der Waals surface area contributed by atoms with Crippen molar-refractivity contribution < 1.29 is 8.78 Å². The van der Waals surface area contributed by atoms with E-state index >= 15 is 0 Å². The Bertz CT molecular complexity index is 351. The van der Waals surface area contributed by atoms with Gasteiger partial charge in [0.05, 0.1) is 0 Å². The third kappa shape index (κ3) is 6.62. The van der Waals surface area contributed by atoms with Crippen molar-refractivity contribution in [2.75, 3.05) is 6.67 Å². The molecule has 0 bridgehead atoms. The van der Waals surface area contributed by atoms with E-state index in [1.165, 1.54) is 51.0 Å². The first kappa shape index (κ1) is 19.4. The van der Waals surface area contributed by atoms with Gasteiger partial charge in [0.15, 0.2) is 0 Å². The molecule has 0 heterocycles. The lowest BCUT2D eigenvalue weighted by Crippen LogP contribution is -2.18. The standard InChI is InChI=1S/C20H34F2/c1-4-9-19(14-20(22)15-21)16(3)12-13-17(5-2)18-10-7-6-8-11-18/h9,14,16-18H,4-8,10-13,15H2,1-3H3/b19-9+,20-14+. The summed E-state index contributed by atoms with van der Waals surface area (Å²) in [4.78, 5) is 0. The van der Waals surface area contributed by atoms with E-state index in [2.05, 4.69) is 13.8 Å². The number of halogens is 2. The van der Waals surface area contributed by atoms with Gasteiger partial charge in [-0.1, -0.05) is 65.4 Å². The van der Waals surface area contributed by atoms with Crippen LogP contribution in [0.4, 0.5) is 8.78 Å². The molecule has 1 saturated carbocycles. The quantitative estimate of drug-likeness (QED) is 0.396. The highest BCUT2D eigenvalue weighted by molar-refractivity contribution is 5.23. The van der Waals surface area contributed by atoms with Crippen LogP contribution in [0.5, 0.6) is 0 Å². The fourth-order valence-electron chi connectivity index (χ4n) is 3.87. The smallest absolute Gasteiger partial charge is 0.141 e. The van der Waals surface area contributed by atoms with Gasteiger partial charge in [0, 0.05) is 0 Å². The second-order valence-electron chi connectivity index (χ2n) is 6.88. The SMILES string of the molecule is CC/C=C(\C=C(\F)CF)C(C)CCC(CC)C1CCCCC1. The molecule has 22 heavy (non-hydrogen) atoms. The summed E-state index contributed by atoms with van der Waals surface area (Å²) in [7, 11) is 0. The number of allylic oxidation sites excluding steroid dienone is 4. The van der Waals surface area contributed by atoms with Gasteiger partial charge >= 0.3 is 0 Å². The highest BCUT2D eigenvalue weighted by Crippen LogP contribution is 2.35. The first-order valence-corrected chi connectivity index (χ1v) is 9.24. The minimum absolute atomic E-state index is 0.315. The Hall–Kier alpha value is -0.660. The normalized spacial score (nSPS) is 21.0. The largest absolute Gasteiger partial charge is 0.243 e. The number of rotatable bonds is 9. The Kier molecular flexibility index (Phi) is 9.66. The molecule has 0 nitrogen and oxygen atoms in total. The summed E-state index contributed by atoms with van der Waals surface area (Å²) in [6.45, 7) is 5.50. The second-order valence-corrected chi connectivity index (χ2v) is 6.88. The predicted molar refractivity (Wildman–Crippen MR) is 92.3 cm³/mol. The second kappa shape index (κ2) is 11.0. The van der Waals surface area contributed by atoms with E-state index in [0.29, 0.717) is 5.92 Å². The fourth-order valence-corrected chi connectivity index (χ4v) is 3.87. The molecule has 1 rings (SSSR count). The molecule has 0 aliphatic heterocycles. The van der Waals surface area contributed by atoms with Crippen molar-refractivity contribution in [1.82, 2.24) is 0 Å². The zero-order valence-corrected chi connectivity index (χ0v) is 14.7. The van der Waals surface area contributed by atoms with Gasteiger partial charge in [-0.15, -0.1) is 0 Å². The van der Waals surface area contributed by atoms with Gasteiger partial charge < -0.3 is 0 Å². The predicted octanol–water partition coefficient (Wildman–Crippen LogP) is 7.17. The first-order chi connectivity index (χ1) is 10.6. The lowest BCUT2D eigenvalue weighted by Gasteiger charge is -2.30. The highest BCUT2D eigenvalue weighted by Gasteiger charge is 2.22. The summed E-state index contributed by atoms with van der Waals surface area (Å²) in [5.74, 6) is 1.36. The zero-order valence-electron chi connectivity index (χ0n) is 14.7. The highest BCUT2D eigenvalue weighted by atomic mass is 19.2. The third-order valence-corrected chi connectivity index (χ3v) is 5.27. The van der Waals surface area contributed by atoms with Crippen LogP contribution in [-0.4, -0.2) is 6.67 Å². The molecule has 0 radical (unpaired) electrons. The van der Waals surface area contributed by atoms with E-state index in [0.717, 1.165) is 30.3 Å². The van der Waals surface area contributed by atoms with Gasteiger partial charge in [-0.3, -0.25) is 0 Å². The van der Waals surface area contributed by atoms with Crippen molar-refractivity contribution in [3.05, 3.63) is 23.6 Å². The summed E-state index contributed by atoms with van der Waals surface area (Å²) >= 11 is 0. The van der Waals surface area contributed by atoms with Crippen molar-refractivity contribution in [2.24, 2.45) is 17.8 Å². The van der Waals surface area contributed by atoms with Crippen molar-refractivity contribution in [1.29, 1.82) is 0 Å². The molecule has 0 aromatic carbocycles. The van der Waals surface area contributed by atoms with Crippen LogP contribution in [0.3, 0.4) is 0 Å². The van der Waals surface area contributed by atoms with Crippen LogP contribution < -0.4 is 0 Å². The van der Waals surface area contributed by atoms with Crippen molar-refractivity contribution in [3.63, 3.8) is 0 Å². The third-order valence-electron chi connectivity index (χ3n) is 5.27. The monoisotopic (exact) mass is 312 g/mol. The molecular weight excluding hydrogens is 278 g/mol. The van der Waals surface area contributed by atoms with Crippen LogP contribution >= 0.6 is 0 Å².